The second kappa shape index (κ2) is 7.07. The highest BCUT2D eigenvalue weighted by Crippen LogP contribution is 2.23. The fraction of sp³-hybridized carbons (Fsp3) is 0.190. The first-order valence-corrected chi connectivity index (χ1v) is 9.00. The largest absolute Gasteiger partial charge is 0.307 e. The third-order valence-electron chi connectivity index (χ3n) is 4.58. The summed E-state index contributed by atoms with van der Waals surface area (Å²) >= 11 is 0. The van der Waals surface area contributed by atoms with Gasteiger partial charge in [-0.3, -0.25) is 14.2 Å². The molecule has 2 aromatic heterocycles. The molecule has 0 saturated carbocycles. The molecular weight excluding hydrogens is 338 g/mol. The first-order valence-electron chi connectivity index (χ1n) is 9.00. The zero-order valence-corrected chi connectivity index (χ0v) is 15.4. The zero-order valence-electron chi connectivity index (χ0n) is 15.4. The van der Waals surface area contributed by atoms with E-state index in [1.807, 2.05) is 66.3 Å². The Morgan fingerprint density at radius 2 is 1.81 bits per heavy atom. The van der Waals surface area contributed by atoms with Crippen LogP contribution in [0, 0.1) is 6.92 Å². The molecule has 4 rings (SSSR count). The molecule has 0 radical (unpaired) electrons. The van der Waals surface area contributed by atoms with Gasteiger partial charge in [-0.25, -0.2) is 0 Å². The van der Waals surface area contributed by atoms with Gasteiger partial charge in [0.25, 0.3) is 0 Å². The van der Waals surface area contributed by atoms with E-state index >= 15 is 0 Å². The Kier molecular flexibility index (Phi) is 4.46. The molecule has 1 amide bonds. The van der Waals surface area contributed by atoms with Gasteiger partial charge < -0.3 is 5.32 Å². The maximum atomic E-state index is 12.5. The minimum atomic E-state index is -0.152. The Morgan fingerprint density at radius 3 is 2.63 bits per heavy atom. The maximum Gasteiger partial charge on any atom is 0.247 e. The van der Waals surface area contributed by atoms with Gasteiger partial charge in [-0.2, -0.15) is 10.2 Å². The Hall–Kier alpha value is -3.41. The summed E-state index contributed by atoms with van der Waals surface area (Å²) < 4.78 is 3.53. The Balaban J connectivity index is 1.52. The van der Waals surface area contributed by atoms with E-state index < -0.39 is 0 Å². The molecule has 2 heterocycles. The van der Waals surface area contributed by atoms with Crippen molar-refractivity contribution >= 4 is 22.6 Å². The van der Waals surface area contributed by atoms with Gasteiger partial charge >= 0.3 is 0 Å². The van der Waals surface area contributed by atoms with E-state index in [1.165, 1.54) is 0 Å². The highest BCUT2D eigenvalue weighted by atomic mass is 16.2. The predicted octanol–water partition coefficient (Wildman–Crippen LogP) is 3.87. The summed E-state index contributed by atoms with van der Waals surface area (Å²) in [5.74, 6) is 0.435. The third kappa shape index (κ3) is 3.33. The van der Waals surface area contributed by atoms with Crippen LogP contribution < -0.4 is 5.32 Å². The SMILES string of the molecule is CCn1nc(NC(=O)Cn2ccc(-c3ccccc3C)n2)c2ccccc21. The molecule has 4 aromatic rings. The average molecular weight is 359 g/mol. The van der Waals surface area contributed by atoms with Gasteiger partial charge in [-0.15, -0.1) is 0 Å². The lowest BCUT2D eigenvalue weighted by atomic mass is 10.1. The van der Waals surface area contributed by atoms with Gasteiger partial charge in [0, 0.05) is 23.7 Å². The van der Waals surface area contributed by atoms with Crippen LogP contribution in [-0.2, 0) is 17.9 Å². The summed E-state index contributed by atoms with van der Waals surface area (Å²) in [5, 5.41) is 12.9. The van der Waals surface area contributed by atoms with Crippen LogP contribution in [0.5, 0.6) is 0 Å². The van der Waals surface area contributed by atoms with Crippen molar-refractivity contribution in [1.82, 2.24) is 19.6 Å². The van der Waals surface area contributed by atoms with Crippen LogP contribution in [0.4, 0.5) is 5.82 Å². The number of nitrogens with zero attached hydrogens (tertiary/aromatic N) is 4. The van der Waals surface area contributed by atoms with E-state index in [2.05, 4.69) is 28.5 Å². The lowest BCUT2D eigenvalue weighted by molar-refractivity contribution is -0.116. The van der Waals surface area contributed by atoms with Crippen molar-refractivity contribution in [3.05, 3.63) is 66.4 Å². The summed E-state index contributed by atoms with van der Waals surface area (Å²) in [5.41, 5.74) is 4.10. The molecule has 0 spiro atoms. The van der Waals surface area contributed by atoms with Gasteiger partial charge in [0.1, 0.15) is 6.54 Å². The first-order chi connectivity index (χ1) is 13.2. The molecule has 0 atom stereocenters. The lowest BCUT2D eigenvalue weighted by Crippen LogP contribution is -2.19. The molecule has 1 N–H and O–H groups in total. The normalized spacial score (nSPS) is 11.0. The Bertz CT molecular complexity index is 1110. The molecule has 2 aromatic carbocycles. The van der Waals surface area contributed by atoms with E-state index in [0.29, 0.717) is 5.82 Å². The van der Waals surface area contributed by atoms with E-state index in [1.54, 1.807) is 4.68 Å². The fourth-order valence-corrected chi connectivity index (χ4v) is 3.23. The van der Waals surface area contributed by atoms with Crippen molar-refractivity contribution in [3.8, 4) is 11.3 Å². The summed E-state index contributed by atoms with van der Waals surface area (Å²) in [6, 6.07) is 17.9. The minimum Gasteiger partial charge on any atom is -0.307 e. The van der Waals surface area contributed by atoms with Crippen LogP contribution in [0.3, 0.4) is 0 Å². The highest BCUT2D eigenvalue weighted by molar-refractivity contribution is 5.99. The Morgan fingerprint density at radius 1 is 1.04 bits per heavy atom. The number of aromatic nitrogens is 4. The van der Waals surface area contributed by atoms with Gasteiger partial charge in [0.2, 0.25) is 5.91 Å². The first kappa shape index (κ1) is 17.0. The summed E-state index contributed by atoms with van der Waals surface area (Å²) in [6.07, 6.45) is 1.82. The Labute approximate surface area is 157 Å². The van der Waals surface area contributed by atoms with Crippen molar-refractivity contribution in [2.24, 2.45) is 0 Å². The number of anilines is 1. The molecule has 0 fully saturated rings. The standard InChI is InChI=1S/C21H21N5O/c1-3-26-19-11-7-6-10-17(19)21(24-26)22-20(27)14-25-13-12-18(23-25)16-9-5-4-8-15(16)2/h4-13H,3,14H2,1-2H3,(H,22,24,27). The van der Waals surface area contributed by atoms with E-state index in [9.17, 15) is 4.79 Å². The van der Waals surface area contributed by atoms with E-state index in [-0.39, 0.29) is 12.5 Å². The maximum absolute atomic E-state index is 12.5. The number of hydrogen-bond donors (Lipinski definition) is 1. The van der Waals surface area contributed by atoms with Crippen LogP contribution in [0.2, 0.25) is 0 Å². The molecule has 6 heteroatoms. The second-order valence-corrected chi connectivity index (χ2v) is 6.44. The van der Waals surface area contributed by atoms with E-state index in [4.69, 9.17) is 0 Å². The number of hydrogen-bond acceptors (Lipinski definition) is 3. The predicted molar refractivity (Wildman–Crippen MR) is 106 cm³/mol. The molecule has 0 unspecified atom stereocenters. The molecule has 6 nitrogen and oxygen atoms in total. The molecule has 0 aliphatic carbocycles. The lowest BCUT2D eigenvalue weighted by Gasteiger charge is -2.04. The number of nitrogens with one attached hydrogen (secondary N) is 1. The minimum absolute atomic E-state index is 0.138. The number of para-hydroxylation sites is 1. The number of carbonyl (C=O) groups is 1. The van der Waals surface area contributed by atoms with Gasteiger partial charge in [-0.1, -0.05) is 36.4 Å². The molecule has 0 bridgehead atoms. The van der Waals surface area contributed by atoms with Crippen LogP contribution >= 0.6 is 0 Å². The topological polar surface area (TPSA) is 64.7 Å². The molecule has 0 saturated heterocycles. The number of rotatable bonds is 5. The van der Waals surface area contributed by atoms with Crippen LogP contribution in [0.1, 0.15) is 12.5 Å². The van der Waals surface area contributed by atoms with Crippen molar-refractivity contribution in [3.63, 3.8) is 0 Å². The monoisotopic (exact) mass is 359 g/mol. The van der Waals surface area contributed by atoms with Gasteiger partial charge in [0.05, 0.1) is 11.2 Å². The number of fused-ring (bicyclic) bond motifs is 1. The summed E-state index contributed by atoms with van der Waals surface area (Å²) in [6.45, 7) is 4.96. The third-order valence-corrected chi connectivity index (χ3v) is 4.58. The van der Waals surface area contributed by atoms with Crippen LogP contribution in [-0.4, -0.2) is 25.5 Å². The van der Waals surface area contributed by atoms with Crippen molar-refractivity contribution in [1.29, 1.82) is 0 Å². The van der Waals surface area contributed by atoms with Crippen molar-refractivity contribution < 1.29 is 4.79 Å². The number of aryl methyl sites for hydroxylation is 2. The second-order valence-electron chi connectivity index (χ2n) is 6.44. The summed E-state index contributed by atoms with van der Waals surface area (Å²) in [7, 11) is 0. The summed E-state index contributed by atoms with van der Waals surface area (Å²) in [4.78, 5) is 12.5. The average Bonchev–Trinajstić information content (AvgIpc) is 3.27. The number of carbonyl (C=O) groups excluding carboxylic acids is 1. The zero-order chi connectivity index (χ0) is 18.8. The smallest absolute Gasteiger partial charge is 0.247 e. The van der Waals surface area contributed by atoms with Crippen LogP contribution in [0.15, 0.2) is 60.8 Å². The highest BCUT2D eigenvalue weighted by Gasteiger charge is 2.13. The molecule has 0 aliphatic heterocycles. The van der Waals surface area contributed by atoms with Crippen molar-refractivity contribution in [2.75, 3.05) is 5.32 Å². The van der Waals surface area contributed by atoms with Gasteiger partial charge in [0.15, 0.2) is 5.82 Å². The van der Waals surface area contributed by atoms with E-state index in [0.717, 1.165) is 34.3 Å². The van der Waals surface area contributed by atoms with Crippen LogP contribution in [0.25, 0.3) is 22.2 Å². The molecule has 27 heavy (non-hydrogen) atoms. The molecule has 0 aliphatic rings. The van der Waals surface area contributed by atoms with Crippen molar-refractivity contribution in [2.45, 2.75) is 26.9 Å². The molecule has 136 valence electrons. The quantitative estimate of drug-likeness (QED) is 0.588. The number of benzene rings is 2. The van der Waals surface area contributed by atoms with Gasteiger partial charge in [-0.05, 0) is 37.6 Å². The molecular formula is C21H21N5O. The number of amides is 1. The fourth-order valence-electron chi connectivity index (χ4n) is 3.23.